The highest BCUT2D eigenvalue weighted by Crippen LogP contribution is 2.32. The molecule has 21 heavy (non-hydrogen) atoms. The van der Waals surface area contributed by atoms with Gasteiger partial charge in [-0.05, 0) is 44.3 Å². The molecule has 2 rings (SSSR count). The monoisotopic (exact) mass is 352 g/mol. The molecule has 1 aromatic carbocycles. The van der Waals surface area contributed by atoms with Gasteiger partial charge in [0.25, 0.3) is 0 Å². The highest BCUT2D eigenvalue weighted by molar-refractivity contribution is 9.10. The maximum atomic E-state index is 10.3. The molecule has 114 valence electrons. The Bertz CT molecular complexity index is 618. The first kappa shape index (κ1) is 16.2. The number of halogens is 1. The molecule has 2 N–H and O–H groups in total. The Balaban J connectivity index is 2.40. The van der Waals surface area contributed by atoms with E-state index in [4.69, 9.17) is 4.74 Å². The van der Waals surface area contributed by atoms with Gasteiger partial charge in [-0.25, -0.2) is 4.98 Å². The lowest BCUT2D eigenvalue weighted by molar-refractivity contribution is 0.138. The number of ether oxygens (including phenoxy) is 1. The lowest BCUT2D eigenvalue weighted by atomic mass is 9.93. The van der Waals surface area contributed by atoms with Gasteiger partial charge in [-0.3, -0.25) is 0 Å². The highest BCUT2D eigenvalue weighted by atomic mass is 79.9. The molecular formula is C16H21BrN2O2. The van der Waals surface area contributed by atoms with Gasteiger partial charge in [-0.1, -0.05) is 22.9 Å². The van der Waals surface area contributed by atoms with Crippen LogP contribution >= 0.6 is 15.9 Å². The average molecular weight is 353 g/mol. The molecule has 0 spiro atoms. The minimum atomic E-state index is -0.433. The third-order valence-electron chi connectivity index (χ3n) is 3.72. The van der Waals surface area contributed by atoms with Crippen LogP contribution in [0, 0.1) is 0 Å². The van der Waals surface area contributed by atoms with Crippen molar-refractivity contribution >= 4 is 26.8 Å². The van der Waals surface area contributed by atoms with Crippen molar-refractivity contribution in [2.75, 3.05) is 20.7 Å². The molecule has 1 unspecified atom stereocenters. The molecule has 0 radical (unpaired) electrons. The van der Waals surface area contributed by atoms with Crippen molar-refractivity contribution in [2.24, 2.45) is 0 Å². The molecule has 0 saturated carbocycles. The molecule has 1 heterocycles. The number of methoxy groups -OCH3 is 1. The summed E-state index contributed by atoms with van der Waals surface area (Å²) in [6, 6.07) is 7.99. The predicted molar refractivity (Wildman–Crippen MR) is 89.0 cm³/mol. The summed E-state index contributed by atoms with van der Waals surface area (Å²) in [4.78, 5) is 4.55. The maximum absolute atomic E-state index is 10.3. The quantitative estimate of drug-likeness (QED) is 0.838. The summed E-state index contributed by atoms with van der Waals surface area (Å²) in [5, 5.41) is 14.4. The zero-order valence-electron chi connectivity index (χ0n) is 12.6. The standard InChI is InChI=1S/C16H21BrN2O2/c1-10(15(20)6-7-18-2)13-9-11-8-12(17)4-5-14(11)19-16(13)21-3/h4-5,8-10,15,18,20H,6-7H2,1-3H3/t10?,15-/m1/s1. The number of nitrogens with zero attached hydrogens (tertiary/aromatic N) is 1. The first-order valence-corrected chi connectivity index (χ1v) is 7.83. The van der Waals surface area contributed by atoms with Crippen LogP contribution < -0.4 is 10.1 Å². The van der Waals surface area contributed by atoms with Gasteiger partial charge in [0.1, 0.15) is 0 Å². The fourth-order valence-corrected chi connectivity index (χ4v) is 2.76. The second kappa shape index (κ2) is 7.20. The number of hydrogen-bond acceptors (Lipinski definition) is 4. The first-order valence-electron chi connectivity index (χ1n) is 7.03. The molecule has 1 aromatic heterocycles. The minimum Gasteiger partial charge on any atom is -0.481 e. The van der Waals surface area contributed by atoms with Crippen molar-refractivity contribution in [3.8, 4) is 5.88 Å². The van der Waals surface area contributed by atoms with Gasteiger partial charge in [0.05, 0.1) is 18.7 Å². The summed E-state index contributed by atoms with van der Waals surface area (Å²) >= 11 is 3.48. The van der Waals surface area contributed by atoms with E-state index < -0.39 is 6.10 Å². The largest absolute Gasteiger partial charge is 0.481 e. The van der Waals surface area contributed by atoms with E-state index in [-0.39, 0.29) is 5.92 Å². The second-order valence-corrected chi connectivity index (χ2v) is 6.09. The Morgan fingerprint density at radius 1 is 1.38 bits per heavy atom. The van der Waals surface area contributed by atoms with Gasteiger partial charge in [0.2, 0.25) is 5.88 Å². The van der Waals surface area contributed by atoms with E-state index in [9.17, 15) is 5.11 Å². The number of aliphatic hydroxyl groups excluding tert-OH is 1. The van der Waals surface area contributed by atoms with Crippen LogP contribution in [0.3, 0.4) is 0 Å². The SMILES string of the molecule is CNCC[C@@H](O)C(C)c1cc2cc(Br)ccc2nc1OC. The Hall–Kier alpha value is -1.17. The summed E-state index contributed by atoms with van der Waals surface area (Å²) in [5.41, 5.74) is 1.82. The smallest absolute Gasteiger partial charge is 0.217 e. The topological polar surface area (TPSA) is 54.4 Å². The molecule has 4 nitrogen and oxygen atoms in total. The number of hydrogen-bond donors (Lipinski definition) is 2. The molecule has 0 amide bonds. The zero-order valence-corrected chi connectivity index (χ0v) is 14.1. The van der Waals surface area contributed by atoms with Crippen molar-refractivity contribution < 1.29 is 9.84 Å². The molecular weight excluding hydrogens is 332 g/mol. The number of aromatic nitrogens is 1. The van der Waals surface area contributed by atoms with E-state index in [1.165, 1.54) is 0 Å². The van der Waals surface area contributed by atoms with Crippen molar-refractivity contribution in [3.63, 3.8) is 0 Å². The van der Waals surface area contributed by atoms with Crippen LogP contribution in [0.4, 0.5) is 0 Å². The number of benzene rings is 1. The van der Waals surface area contributed by atoms with Crippen molar-refractivity contribution in [3.05, 3.63) is 34.3 Å². The fraction of sp³-hybridized carbons (Fsp3) is 0.438. The highest BCUT2D eigenvalue weighted by Gasteiger charge is 2.21. The van der Waals surface area contributed by atoms with E-state index in [1.54, 1.807) is 7.11 Å². The van der Waals surface area contributed by atoms with Gasteiger partial charge >= 0.3 is 0 Å². The molecule has 0 fully saturated rings. The number of pyridine rings is 1. The van der Waals surface area contributed by atoms with Crippen LogP contribution in [0.1, 0.15) is 24.8 Å². The lowest BCUT2D eigenvalue weighted by Gasteiger charge is -2.21. The third kappa shape index (κ3) is 3.73. The second-order valence-electron chi connectivity index (χ2n) is 5.17. The Morgan fingerprint density at radius 2 is 2.14 bits per heavy atom. The summed E-state index contributed by atoms with van der Waals surface area (Å²) in [6.07, 6.45) is 0.259. The molecule has 5 heteroatoms. The summed E-state index contributed by atoms with van der Waals surface area (Å²) in [6.45, 7) is 2.78. The van der Waals surface area contributed by atoms with E-state index in [2.05, 4.69) is 32.3 Å². The van der Waals surface area contributed by atoms with E-state index in [0.717, 1.165) is 27.5 Å². The molecule has 0 aliphatic rings. The lowest BCUT2D eigenvalue weighted by Crippen LogP contribution is -2.22. The Morgan fingerprint density at radius 3 is 2.81 bits per heavy atom. The van der Waals surface area contributed by atoms with Gasteiger partial charge < -0.3 is 15.2 Å². The number of nitrogens with one attached hydrogen (secondary N) is 1. The van der Waals surface area contributed by atoms with E-state index >= 15 is 0 Å². The Kier molecular flexibility index (Phi) is 5.56. The zero-order chi connectivity index (χ0) is 15.4. The van der Waals surface area contributed by atoms with Crippen LogP contribution in [0.25, 0.3) is 10.9 Å². The molecule has 0 aliphatic carbocycles. The molecule has 0 saturated heterocycles. The summed E-state index contributed by atoms with van der Waals surface area (Å²) in [7, 11) is 3.50. The van der Waals surface area contributed by atoms with E-state index in [0.29, 0.717) is 12.3 Å². The van der Waals surface area contributed by atoms with Crippen LogP contribution in [0.15, 0.2) is 28.7 Å². The summed E-state index contributed by atoms with van der Waals surface area (Å²) in [5.74, 6) is 0.546. The van der Waals surface area contributed by atoms with Gasteiger partial charge in [0, 0.05) is 21.3 Å². The number of fused-ring (bicyclic) bond motifs is 1. The maximum Gasteiger partial charge on any atom is 0.217 e. The fourth-order valence-electron chi connectivity index (χ4n) is 2.39. The van der Waals surface area contributed by atoms with Gasteiger partial charge in [-0.2, -0.15) is 0 Å². The van der Waals surface area contributed by atoms with Crippen molar-refractivity contribution in [2.45, 2.75) is 25.4 Å². The molecule has 2 atom stereocenters. The Labute approximate surface area is 133 Å². The van der Waals surface area contributed by atoms with Crippen molar-refractivity contribution in [1.82, 2.24) is 10.3 Å². The van der Waals surface area contributed by atoms with Gasteiger partial charge in [-0.15, -0.1) is 0 Å². The van der Waals surface area contributed by atoms with Crippen LogP contribution in [0.5, 0.6) is 5.88 Å². The summed E-state index contributed by atoms with van der Waals surface area (Å²) < 4.78 is 6.42. The molecule has 2 aromatic rings. The normalized spacial score (nSPS) is 14.1. The minimum absolute atomic E-state index is 0.0378. The molecule has 0 aliphatic heterocycles. The first-order chi connectivity index (χ1) is 10.1. The average Bonchev–Trinajstić information content (AvgIpc) is 2.50. The van der Waals surface area contributed by atoms with Crippen LogP contribution in [-0.2, 0) is 0 Å². The van der Waals surface area contributed by atoms with E-state index in [1.807, 2.05) is 32.2 Å². The predicted octanol–water partition coefficient (Wildman–Crippen LogP) is 3.08. The van der Waals surface area contributed by atoms with Gasteiger partial charge in [0.15, 0.2) is 0 Å². The molecule has 0 bridgehead atoms. The van der Waals surface area contributed by atoms with Crippen LogP contribution in [-0.4, -0.2) is 36.9 Å². The third-order valence-corrected chi connectivity index (χ3v) is 4.21. The number of rotatable bonds is 6. The number of aliphatic hydroxyl groups is 1. The van der Waals surface area contributed by atoms with Crippen LogP contribution in [0.2, 0.25) is 0 Å². The van der Waals surface area contributed by atoms with Crippen molar-refractivity contribution in [1.29, 1.82) is 0 Å².